The number of aryl methyl sites for hydroxylation is 1. The molecule has 0 aromatic heterocycles. The Kier molecular flexibility index (Phi) is 5.37. The fraction of sp³-hybridized carbons (Fsp3) is 0.273. The Morgan fingerprint density at radius 2 is 1.74 bits per heavy atom. The van der Waals surface area contributed by atoms with Crippen molar-refractivity contribution in [3.05, 3.63) is 41.9 Å². The summed E-state index contributed by atoms with van der Waals surface area (Å²) in [7, 11) is -3.99. The van der Waals surface area contributed by atoms with Crippen LogP contribution in [0.3, 0.4) is 0 Å². The van der Waals surface area contributed by atoms with Crippen molar-refractivity contribution < 1.29 is 30.9 Å². The van der Waals surface area contributed by atoms with E-state index in [4.69, 9.17) is 4.55 Å². The van der Waals surface area contributed by atoms with Crippen LogP contribution in [0, 0.1) is 0 Å². The molecule has 0 saturated heterocycles. The van der Waals surface area contributed by atoms with Crippen LogP contribution >= 0.6 is 0 Å². The highest BCUT2D eigenvalue weighted by Crippen LogP contribution is 2.19. The van der Waals surface area contributed by atoms with Gasteiger partial charge in [0, 0.05) is 0 Å². The zero-order chi connectivity index (χ0) is 14.5. The molecule has 0 bridgehead atoms. The van der Waals surface area contributed by atoms with Gasteiger partial charge < -0.3 is 4.74 Å². The highest BCUT2D eigenvalue weighted by molar-refractivity contribution is 7.85. The molecule has 0 aliphatic rings. The summed E-state index contributed by atoms with van der Waals surface area (Å²) in [5.74, 6) is -0.459. The first-order valence-corrected chi connectivity index (χ1v) is 6.81. The number of ether oxygens (including phenoxy) is 1. The Balaban J connectivity index is 2.55. The molecular weight excluding hydrogens is 285 g/mol. The summed E-state index contributed by atoms with van der Waals surface area (Å²) in [6.07, 6.45) is -1.96. The summed E-state index contributed by atoms with van der Waals surface area (Å²) in [5.41, 5.74) is 0.709. The van der Waals surface area contributed by atoms with Crippen molar-refractivity contribution in [3.8, 4) is 5.75 Å². The summed E-state index contributed by atoms with van der Waals surface area (Å²) in [6, 6.07) is 3.58. The fourth-order valence-corrected chi connectivity index (χ4v) is 1.83. The minimum Gasteiger partial charge on any atom is -0.428 e. The molecule has 0 saturated carbocycles. The summed E-state index contributed by atoms with van der Waals surface area (Å²) in [4.78, 5) is 0. The van der Waals surface area contributed by atoms with Gasteiger partial charge in [-0.25, -0.2) is 0 Å². The van der Waals surface area contributed by atoms with E-state index in [2.05, 4.69) is 4.74 Å². The van der Waals surface area contributed by atoms with E-state index >= 15 is 0 Å². The molecule has 4 nitrogen and oxygen atoms in total. The van der Waals surface area contributed by atoms with Gasteiger partial charge in [0.05, 0.1) is 5.75 Å². The van der Waals surface area contributed by atoms with Gasteiger partial charge in [-0.05, 0) is 30.5 Å². The summed E-state index contributed by atoms with van der Waals surface area (Å²) >= 11 is 0. The van der Waals surface area contributed by atoms with Gasteiger partial charge in [-0.15, -0.1) is 0 Å². The molecule has 0 unspecified atom stereocenters. The normalized spacial score (nSPS) is 11.2. The standard InChI is InChI=1S/C11H11F3O4S/c12-10(13)11(14)18-9-5-3-8(4-6-9)2-1-7-19(15,16)17/h3-6H,1-2,7H2,(H,15,16,17). The quantitative estimate of drug-likeness (QED) is 0.647. The maximum Gasteiger partial charge on any atom is 0.344 e. The van der Waals surface area contributed by atoms with E-state index in [1.54, 1.807) is 0 Å². The molecule has 0 heterocycles. The van der Waals surface area contributed by atoms with Crippen LogP contribution in [0.4, 0.5) is 13.2 Å². The van der Waals surface area contributed by atoms with Gasteiger partial charge in [-0.2, -0.15) is 21.6 Å². The monoisotopic (exact) mass is 296 g/mol. The molecule has 0 atom stereocenters. The fourth-order valence-electron chi connectivity index (χ4n) is 1.32. The zero-order valence-electron chi connectivity index (χ0n) is 9.64. The Labute approximate surface area is 108 Å². The predicted molar refractivity (Wildman–Crippen MR) is 62.2 cm³/mol. The topological polar surface area (TPSA) is 63.6 Å². The van der Waals surface area contributed by atoms with Crippen LogP contribution in [0.1, 0.15) is 12.0 Å². The maximum atomic E-state index is 12.5. The van der Waals surface area contributed by atoms with Gasteiger partial charge in [0.15, 0.2) is 0 Å². The lowest BCUT2D eigenvalue weighted by atomic mass is 10.1. The minimum atomic E-state index is -3.99. The van der Waals surface area contributed by atoms with Crippen LogP contribution in [0.15, 0.2) is 36.4 Å². The van der Waals surface area contributed by atoms with Crippen LogP contribution < -0.4 is 4.74 Å². The number of hydrogen-bond acceptors (Lipinski definition) is 3. The zero-order valence-corrected chi connectivity index (χ0v) is 10.5. The highest BCUT2D eigenvalue weighted by Gasteiger charge is 2.08. The first-order chi connectivity index (χ1) is 8.78. The highest BCUT2D eigenvalue weighted by atomic mass is 32.2. The second kappa shape index (κ2) is 6.58. The predicted octanol–water partition coefficient (Wildman–Crippen LogP) is 2.92. The molecule has 1 N–H and O–H groups in total. The molecule has 106 valence electrons. The van der Waals surface area contributed by atoms with Gasteiger partial charge in [0.2, 0.25) is 0 Å². The molecule has 8 heteroatoms. The molecule has 1 aromatic carbocycles. The Morgan fingerprint density at radius 1 is 1.16 bits per heavy atom. The Hall–Kier alpha value is -1.54. The largest absolute Gasteiger partial charge is 0.428 e. The SMILES string of the molecule is O=S(=O)(O)CCCc1ccc(OC(F)=C(F)F)cc1. The Morgan fingerprint density at radius 3 is 2.21 bits per heavy atom. The van der Waals surface area contributed by atoms with Crippen LogP contribution in [-0.4, -0.2) is 18.7 Å². The molecule has 0 fully saturated rings. The van der Waals surface area contributed by atoms with Crippen LogP contribution in [0.5, 0.6) is 5.75 Å². The lowest BCUT2D eigenvalue weighted by molar-refractivity contribution is 0.241. The summed E-state index contributed by atoms with van der Waals surface area (Å²) in [5, 5.41) is 0. The average Bonchev–Trinajstić information content (AvgIpc) is 2.29. The van der Waals surface area contributed by atoms with Crippen molar-refractivity contribution >= 4 is 10.1 Å². The van der Waals surface area contributed by atoms with Crippen molar-refractivity contribution in [2.75, 3.05) is 5.75 Å². The van der Waals surface area contributed by atoms with E-state index in [-0.39, 0.29) is 17.9 Å². The number of benzene rings is 1. The van der Waals surface area contributed by atoms with E-state index in [0.29, 0.717) is 12.0 Å². The van der Waals surface area contributed by atoms with E-state index in [1.807, 2.05) is 0 Å². The molecule has 1 aromatic rings. The molecule has 0 aliphatic heterocycles. The van der Waals surface area contributed by atoms with E-state index in [9.17, 15) is 21.6 Å². The maximum absolute atomic E-state index is 12.5. The van der Waals surface area contributed by atoms with Crippen molar-refractivity contribution in [1.29, 1.82) is 0 Å². The van der Waals surface area contributed by atoms with Crippen LogP contribution in [0.2, 0.25) is 0 Å². The van der Waals surface area contributed by atoms with Crippen LogP contribution in [0.25, 0.3) is 0 Å². The average molecular weight is 296 g/mol. The molecule has 1 rings (SSSR count). The minimum absolute atomic E-state index is 0.0937. The molecule has 19 heavy (non-hydrogen) atoms. The first-order valence-electron chi connectivity index (χ1n) is 5.20. The third kappa shape index (κ3) is 6.25. The van der Waals surface area contributed by atoms with Crippen molar-refractivity contribution in [1.82, 2.24) is 0 Å². The van der Waals surface area contributed by atoms with E-state index in [0.717, 1.165) is 0 Å². The number of hydrogen-bond donors (Lipinski definition) is 1. The Bertz CT molecular complexity index is 548. The van der Waals surface area contributed by atoms with E-state index in [1.165, 1.54) is 24.3 Å². The van der Waals surface area contributed by atoms with Crippen molar-refractivity contribution in [2.45, 2.75) is 12.8 Å². The number of rotatable bonds is 6. The second-order valence-corrected chi connectivity index (χ2v) is 5.24. The summed E-state index contributed by atoms with van der Waals surface area (Å²) < 4.78 is 69.7. The second-order valence-electron chi connectivity index (χ2n) is 3.67. The van der Waals surface area contributed by atoms with Gasteiger partial charge in [0.1, 0.15) is 5.75 Å². The first kappa shape index (κ1) is 15.5. The molecular formula is C11H11F3O4S. The number of halogens is 3. The molecule has 0 aliphatic carbocycles. The van der Waals surface area contributed by atoms with E-state index < -0.39 is 22.2 Å². The lowest BCUT2D eigenvalue weighted by Gasteiger charge is -2.04. The van der Waals surface area contributed by atoms with Gasteiger partial charge >= 0.3 is 12.1 Å². The lowest BCUT2D eigenvalue weighted by Crippen LogP contribution is -2.04. The molecule has 0 radical (unpaired) electrons. The van der Waals surface area contributed by atoms with Crippen molar-refractivity contribution in [3.63, 3.8) is 0 Å². The van der Waals surface area contributed by atoms with Gasteiger partial charge in [-0.1, -0.05) is 12.1 Å². The third-order valence-corrected chi connectivity index (χ3v) is 2.95. The van der Waals surface area contributed by atoms with Crippen molar-refractivity contribution in [2.24, 2.45) is 0 Å². The molecule has 0 amide bonds. The summed E-state index contributed by atoms with van der Waals surface area (Å²) in [6.45, 7) is 0. The van der Waals surface area contributed by atoms with Crippen LogP contribution in [-0.2, 0) is 16.5 Å². The van der Waals surface area contributed by atoms with Gasteiger partial charge in [0.25, 0.3) is 10.1 Å². The molecule has 0 spiro atoms. The smallest absolute Gasteiger partial charge is 0.344 e. The third-order valence-electron chi connectivity index (χ3n) is 2.15. The van der Waals surface area contributed by atoms with Gasteiger partial charge in [-0.3, -0.25) is 4.55 Å².